The van der Waals surface area contributed by atoms with E-state index in [2.05, 4.69) is 11.7 Å². The van der Waals surface area contributed by atoms with Crippen LogP contribution < -0.4 is 0 Å². The average Bonchev–Trinajstić information content (AvgIpc) is 3.02. The van der Waals surface area contributed by atoms with Gasteiger partial charge in [-0.2, -0.15) is 8.78 Å². The molecule has 0 saturated heterocycles. The Labute approximate surface area is 129 Å². The minimum Gasteiger partial charge on any atom is -0.456 e. The number of carbonyl (C=O) groups is 2. The zero-order valence-corrected chi connectivity index (χ0v) is 13.2. The lowest BCUT2D eigenvalue weighted by atomic mass is 9.80. The molecule has 6 heteroatoms. The van der Waals surface area contributed by atoms with Crippen LogP contribution in [-0.4, -0.2) is 30.1 Å². The first-order chi connectivity index (χ1) is 10.3. The molecule has 2 rings (SSSR count). The highest BCUT2D eigenvalue weighted by Crippen LogP contribution is 2.54. The summed E-state index contributed by atoms with van der Waals surface area (Å²) in [6, 6.07) is 0. The van der Waals surface area contributed by atoms with Crippen molar-refractivity contribution in [3.8, 4) is 0 Å². The van der Waals surface area contributed by atoms with Crippen molar-refractivity contribution < 1.29 is 27.8 Å². The molecule has 0 heterocycles. The predicted molar refractivity (Wildman–Crippen MR) is 75.4 cm³/mol. The zero-order valence-electron chi connectivity index (χ0n) is 13.2. The van der Waals surface area contributed by atoms with E-state index < -0.39 is 30.1 Å². The third-order valence-electron chi connectivity index (χ3n) is 4.87. The molecular formula is C16H24F2O4. The Balaban J connectivity index is 1.91. The highest BCUT2D eigenvalue weighted by atomic mass is 19.3. The molecule has 4 nitrogen and oxygen atoms in total. The second kappa shape index (κ2) is 6.50. The summed E-state index contributed by atoms with van der Waals surface area (Å²) in [5, 5.41) is 0. The van der Waals surface area contributed by atoms with Crippen LogP contribution in [0.15, 0.2) is 0 Å². The normalized spacial score (nSPS) is 30.4. The molecule has 126 valence electrons. The van der Waals surface area contributed by atoms with Crippen molar-refractivity contribution in [2.75, 3.05) is 6.61 Å². The van der Waals surface area contributed by atoms with Crippen LogP contribution in [0, 0.1) is 11.8 Å². The molecule has 22 heavy (non-hydrogen) atoms. The van der Waals surface area contributed by atoms with Crippen molar-refractivity contribution in [1.82, 2.24) is 0 Å². The van der Waals surface area contributed by atoms with Gasteiger partial charge in [-0.05, 0) is 50.4 Å². The molecule has 0 aliphatic heterocycles. The maximum absolute atomic E-state index is 12.7. The molecule has 2 fully saturated rings. The SMILES string of the molecule is CCCCC1(OC(=O)COC(=O)C(C)(F)F)CC2CCC1C2. The summed E-state index contributed by atoms with van der Waals surface area (Å²) in [6.45, 7) is 1.78. The Morgan fingerprint density at radius 1 is 1.32 bits per heavy atom. The molecule has 2 aliphatic rings. The van der Waals surface area contributed by atoms with Gasteiger partial charge in [0, 0.05) is 6.92 Å². The summed E-state index contributed by atoms with van der Waals surface area (Å²) in [7, 11) is 0. The van der Waals surface area contributed by atoms with Gasteiger partial charge in [-0.1, -0.05) is 13.3 Å². The van der Waals surface area contributed by atoms with E-state index in [9.17, 15) is 18.4 Å². The van der Waals surface area contributed by atoms with Crippen molar-refractivity contribution in [2.24, 2.45) is 11.8 Å². The van der Waals surface area contributed by atoms with Crippen LogP contribution in [0.5, 0.6) is 0 Å². The molecule has 0 spiro atoms. The third-order valence-corrected chi connectivity index (χ3v) is 4.87. The van der Waals surface area contributed by atoms with Crippen LogP contribution in [0.1, 0.15) is 58.8 Å². The largest absolute Gasteiger partial charge is 0.456 e. The van der Waals surface area contributed by atoms with Crippen LogP contribution >= 0.6 is 0 Å². The Hall–Kier alpha value is -1.20. The standard InChI is InChI=1S/C16H24F2O4/c1-3-4-7-16(9-11-5-6-12(16)8-11)22-13(19)10-21-14(20)15(2,17)18/h11-12H,3-10H2,1-2H3. The topological polar surface area (TPSA) is 52.6 Å². The van der Waals surface area contributed by atoms with Gasteiger partial charge < -0.3 is 9.47 Å². The lowest BCUT2D eigenvalue weighted by molar-refractivity contribution is -0.184. The smallest absolute Gasteiger partial charge is 0.377 e. The molecule has 2 bridgehead atoms. The van der Waals surface area contributed by atoms with Gasteiger partial charge in [0.15, 0.2) is 6.61 Å². The molecular weight excluding hydrogens is 294 g/mol. The Bertz CT molecular complexity index is 432. The highest BCUT2D eigenvalue weighted by molar-refractivity contribution is 5.80. The van der Waals surface area contributed by atoms with E-state index in [1.165, 1.54) is 6.42 Å². The van der Waals surface area contributed by atoms with Crippen molar-refractivity contribution in [2.45, 2.75) is 70.3 Å². The van der Waals surface area contributed by atoms with E-state index in [4.69, 9.17) is 4.74 Å². The summed E-state index contributed by atoms with van der Waals surface area (Å²) in [4.78, 5) is 22.9. The highest BCUT2D eigenvalue weighted by Gasteiger charge is 2.53. The predicted octanol–water partition coefficient (Wildman–Crippen LogP) is 3.48. The van der Waals surface area contributed by atoms with Crippen LogP contribution in [0.3, 0.4) is 0 Å². The fourth-order valence-electron chi connectivity index (χ4n) is 3.86. The number of rotatable bonds is 7. The van der Waals surface area contributed by atoms with Crippen LogP contribution in [0.2, 0.25) is 0 Å². The van der Waals surface area contributed by atoms with E-state index in [1.807, 2.05) is 0 Å². The molecule has 0 amide bonds. The number of hydrogen-bond donors (Lipinski definition) is 0. The molecule has 0 aromatic rings. The fraction of sp³-hybridized carbons (Fsp3) is 0.875. The summed E-state index contributed by atoms with van der Waals surface area (Å²) in [5.74, 6) is -5.05. The van der Waals surface area contributed by atoms with Crippen molar-refractivity contribution >= 4 is 11.9 Å². The quantitative estimate of drug-likeness (QED) is 0.674. The number of fused-ring (bicyclic) bond motifs is 2. The van der Waals surface area contributed by atoms with Gasteiger partial charge in [-0.15, -0.1) is 0 Å². The van der Waals surface area contributed by atoms with Gasteiger partial charge in [0.25, 0.3) is 0 Å². The first kappa shape index (κ1) is 17.2. The van der Waals surface area contributed by atoms with Crippen LogP contribution in [-0.2, 0) is 19.1 Å². The number of unbranched alkanes of at least 4 members (excludes halogenated alkanes) is 1. The number of carbonyl (C=O) groups excluding carboxylic acids is 2. The number of halogens is 2. The van der Waals surface area contributed by atoms with Gasteiger partial charge in [-0.3, -0.25) is 0 Å². The van der Waals surface area contributed by atoms with E-state index >= 15 is 0 Å². The minimum absolute atomic E-state index is 0.358. The number of alkyl halides is 2. The molecule has 0 aromatic carbocycles. The molecule has 3 unspecified atom stereocenters. The molecule has 2 saturated carbocycles. The van der Waals surface area contributed by atoms with Crippen molar-refractivity contribution in [3.05, 3.63) is 0 Å². The molecule has 0 N–H and O–H groups in total. The number of hydrogen-bond acceptors (Lipinski definition) is 4. The fourth-order valence-corrected chi connectivity index (χ4v) is 3.86. The van der Waals surface area contributed by atoms with Gasteiger partial charge in [0.1, 0.15) is 5.60 Å². The first-order valence-corrected chi connectivity index (χ1v) is 8.03. The average molecular weight is 318 g/mol. The second-order valence-corrected chi connectivity index (χ2v) is 6.69. The van der Waals surface area contributed by atoms with E-state index in [0.717, 1.165) is 38.5 Å². The molecule has 3 atom stereocenters. The maximum Gasteiger partial charge on any atom is 0.377 e. The summed E-state index contributed by atoms with van der Waals surface area (Å²) >= 11 is 0. The Morgan fingerprint density at radius 3 is 2.55 bits per heavy atom. The lowest BCUT2D eigenvalue weighted by Gasteiger charge is -2.37. The minimum atomic E-state index is -3.59. The Kier molecular flexibility index (Phi) is 5.07. The van der Waals surface area contributed by atoms with Gasteiger partial charge in [0.2, 0.25) is 0 Å². The van der Waals surface area contributed by atoms with Gasteiger partial charge >= 0.3 is 17.9 Å². The summed E-state index contributed by atoms with van der Waals surface area (Å²) < 4.78 is 35.4. The van der Waals surface area contributed by atoms with E-state index in [1.54, 1.807) is 0 Å². The third kappa shape index (κ3) is 3.76. The van der Waals surface area contributed by atoms with Gasteiger partial charge in [0.05, 0.1) is 0 Å². The Morgan fingerprint density at radius 2 is 2.05 bits per heavy atom. The van der Waals surface area contributed by atoms with Gasteiger partial charge in [-0.25, -0.2) is 9.59 Å². The maximum atomic E-state index is 12.7. The van der Waals surface area contributed by atoms with Crippen LogP contribution in [0.25, 0.3) is 0 Å². The number of ether oxygens (including phenoxy) is 2. The van der Waals surface area contributed by atoms with Crippen molar-refractivity contribution in [3.63, 3.8) is 0 Å². The van der Waals surface area contributed by atoms with E-state index in [0.29, 0.717) is 18.8 Å². The second-order valence-electron chi connectivity index (χ2n) is 6.69. The lowest BCUT2D eigenvalue weighted by Crippen LogP contribution is -2.42. The first-order valence-electron chi connectivity index (χ1n) is 8.03. The van der Waals surface area contributed by atoms with Crippen molar-refractivity contribution in [1.29, 1.82) is 0 Å². The molecule has 2 aliphatic carbocycles. The summed E-state index contributed by atoms with van der Waals surface area (Å²) in [6.07, 6.45) is 6.91. The number of esters is 2. The van der Waals surface area contributed by atoms with E-state index in [-0.39, 0.29) is 0 Å². The van der Waals surface area contributed by atoms with Crippen LogP contribution in [0.4, 0.5) is 8.78 Å². The summed E-state index contributed by atoms with van der Waals surface area (Å²) in [5.41, 5.74) is -0.475. The molecule has 0 radical (unpaired) electrons. The molecule has 0 aromatic heterocycles. The monoisotopic (exact) mass is 318 g/mol. The zero-order chi connectivity index (χ0) is 16.4.